The number of rotatable bonds is 4. The first-order valence-electron chi connectivity index (χ1n) is 8.84. The van der Waals surface area contributed by atoms with E-state index in [2.05, 4.69) is 45.6 Å². The average molecular weight is 360 g/mol. The molecule has 1 aromatic rings. The van der Waals surface area contributed by atoms with Gasteiger partial charge >= 0.3 is 0 Å². The summed E-state index contributed by atoms with van der Waals surface area (Å²) in [5.41, 5.74) is 2.55. The molecular weight excluding hydrogens is 330 g/mol. The van der Waals surface area contributed by atoms with Gasteiger partial charge in [-0.3, -0.25) is 0 Å². The summed E-state index contributed by atoms with van der Waals surface area (Å²) in [5.74, 6) is 1.35. The second-order valence-electron chi connectivity index (χ2n) is 8.15. The predicted octanol–water partition coefficient (Wildman–Crippen LogP) is 4.30. The molecule has 136 valence electrons. The minimum atomic E-state index is -0.387. The van der Waals surface area contributed by atoms with Gasteiger partial charge in [0.05, 0.1) is 29.5 Å². The van der Waals surface area contributed by atoms with Gasteiger partial charge in [-0.25, -0.2) is 4.99 Å². The highest BCUT2D eigenvalue weighted by molar-refractivity contribution is 8.14. The van der Waals surface area contributed by atoms with Crippen LogP contribution in [-0.2, 0) is 5.41 Å². The molecule has 0 aromatic heterocycles. The van der Waals surface area contributed by atoms with E-state index in [4.69, 9.17) is 4.99 Å². The van der Waals surface area contributed by atoms with Crippen molar-refractivity contribution in [2.45, 2.75) is 59.1 Å². The molecule has 2 atom stereocenters. The zero-order valence-corrected chi connectivity index (χ0v) is 16.9. The molecule has 0 unspecified atom stereocenters. The van der Waals surface area contributed by atoms with Crippen LogP contribution in [0, 0.1) is 17.2 Å². The Kier molecular flexibility index (Phi) is 6.18. The minimum absolute atomic E-state index is 0.0952. The lowest BCUT2D eigenvalue weighted by Gasteiger charge is -2.30. The molecule has 0 amide bonds. The van der Waals surface area contributed by atoms with Gasteiger partial charge in [0.25, 0.3) is 0 Å². The van der Waals surface area contributed by atoms with Crippen molar-refractivity contribution in [1.29, 1.82) is 5.26 Å². The molecule has 4 nitrogen and oxygen atoms in total. The molecule has 0 aliphatic carbocycles. The first-order valence-corrected chi connectivity index (χ1v) is 9.83. The number of hydrogen-bond donors (Lipinski definition) is 1. The third-order valence-electron chi connectivity index (χ3n) is 4.30. The number of thioether (sulfide) groups is 1. The van der Waals surface area contributed by atoms with Crippen molar-refractivity contribution in [2.24, 2.45) is 10.9 Å². The van der Waals surface area contributed by atoms with E-state index >= 15 is 0 Å². The fourth-order valence-electron chi connectivity index (χ4n) is 2.98. The Morgan fingerprint density at radius 1 is 1.36 bits per heavy atom. The number of aliphatic imine (C=N–C) groups is 1. The molecule has 5 heteroatoms. The molecule has 25 heavy (non-hydrogen) atoms. The summed E-state index contributed by atoms with van der Waals surface area (Å²) in [5, 5.41) is 20.3. The number of nitrogens with zero attached hydrogens (tertiary/aromatic N) is 3. The van der Waals surface area contributed by atoms with Crippen molar-refractivity contribution in [3.63, 3.8) is 0 Å². The zero-order valence-electron chi connectivity index (χ0n) is 16.1. The number of benzene rings is 1. The van der Waals surface area contributed by atoms with E-state index in [0.29, 0.717) is 11.5 Å². The third kappa shape index (κ3) is 4.77. The molecule has 1 saturated heterocycles. The largest absolute Gasteiger partial charge is 0.391 e. The van der Waals surface area contributed by atoms with Crippen molar-refractivity contribution in [2.75, 3.05) is 12.3 Å². The topological polar surface area (TPSA) is 59.6 Å². The summed E-state index contributed by atoms with van der Waals surface area (Å²) in [6.45, 7) is 13.5. The first-order chi connectivity index (χ1) is 11.6. The van der Waals surface area contributed by atoms with Crippen LogP contribution >= 0.6 is 11.8 Å². The second-order valence-corrected chi connectivity index (χ2v) is 9.14. The summed E-state index contributed by atoms with van der Waals surface area (Å²) < 4.78 is 0. The van der Waals surface area contributed by atoms with E-state index in [9.17, 15) is 10.4 Å². The molecule has 0 radical (unpaired) electrons. The van der Waals surface area contributed by atoms with Gasteiger partial charge in [0, 0.05) is 12.3 Å². The average Bonchev–Trinajstić information content (AvgIpc) is 2.88. The van der Waals surface area contributed by atoms with Crippen LogP contribution in [0.4, 0.5) is 5.69 Å². The number of hydrogen-bond acceptors (Lipinski definition) is 4. The molecule has 1 aromatic carbocycles. The van der Waals surface area contributed by atoms with Gasteiger partial charge in [0.15, 0.2) is 5.17 Å². The van der Waals surface area contributed by atoms with E-state index < -0.39 is 0 Å². The molecule has 0 spiro atoms. The lowest BCUT2D eigenvalue weighted by Crippen LogP contribution is -2.43. The summed E-state index contributed by atoms with van der Waals surface area (Å²) in [6, 6.07) is 8.03. The molecule has 0 bridgehead atoms. The van der Waals surface area contributed by atoms with Crippen molar-refractivity contribution >= 4 is 22.6 Å². The Bertz CT molecular complexity index is 683. The standard InChI is InChI=1S/C20H29N3OS/c1-13(2)11-23-18(14(3)24)12-25-19(23)22-17-8-7-15(10-21)9-16(17)20(4,5)6/h7-9,13-14,18,24H,11-12H2,1-6H3/t14-,18-/m1/s1. The van der Waals surface area contributed by atoms with Crippen molar-refractivity contribution < 1.29 is 5.11 Å². The zero-order chi connectivity index (χ0) is 18.8. The van der Waals surface area contributed by atoms with Crippen LogP contribution in [0.15, 0.2) is 23.2 Å². The molecule has 1 heterocycles. The molecule has 2 rings (SSSR count). The van der Waals surface area contributed by atoms with Gasteiger partial charge in [-0.05, 0) is 42.0 Å². The maximum absolute atomic E-state index is 10.1. The van der Waals surface area contributed by atoms with Crippen LogP contribution < -0.4 is 0 Å². The van der Waals surface area contributed by atoms with E-state index in [0.717, 1.165) is 28.7 Å². The van der Waals surface area contributed by atoms with Crippen LogP contribution in [0.1, 0.15) is 52.7 Å². The lowest BCUT2D eigenvalue weighted by molar-refractivity contribution is 0.111. The SMILES string of the molecule is CC(C)CN1C(=Nc2ccc(C#N)cc2C(C)(C)C)SC[C@@H]1[C@@H](C)O. The van der Waals surface area contributed by atoms with Crippen LogP contribution in [0.25, 0.3) is 0 Å². The maximum atomic E-state index is 10.1. The van der Waals surface area contributed by atoms with E-state index in [-0.39, 0.29) is 17.6 Å². The Hall–Kier alpha value is -1.51. The third-order valence-corrected chi connectivity index (χ3v) is 5.39. The van der Waals surface area contributed by atoms with Gasteiger partial charge in [-0.1, -0.05) is 46.4 Å². The van der Waals surface area contributed by atoms with E-state index in [1.54, 1.807) is 11.8 Å². The van der Waals surface area contributed by atoms with Crippen molar-refractivity contribution in [3.05, 3.63) is 29.3 Å². The van der Waals surface area contributed by atoms with E-state index in [1.165, 1.54) is 0 Å². The van der Waals surface area contributed by atoms with Gasteiger partial charge in [0.2, 0.25) is 0 Å². The quantitative estimate of drug-likeness (QED) is 0.871. The van der Waals surface area contributed by atoms with Crippen LogP contribution in [-0.4, -0.2) is 39.6 Å². The predicted molar refractivity (Wildman–Crippen MR) is 106 cm³/mol. The summed E-state index contributed by atoms with van der Waals surface area (Å²) in [6.07, 6.45) is -0.387. The highest BCUT2D eigenvalue weighted by Crippen LogP contribution is 2.35. The Labute approximate surface area is 155 Å². The molecule has 1 aliphatic rings. The van der Waals surface area contributed by atoms with Crippen LogP contribution in [0.5, 0.6) is 0 Å². The van der Waals surface area contributed by atoms with E-state index in [1.807, 2.05) is 25.1 Å². The van der Waals surface area contributed by atoms with Gasteiger partial charge in [-0.2, -0.15) is 5.26 Å². The summed E-state index contributed by atoms with van der Waals surface area (Å²) >= 11 is 1.70. The maximum Gasteiger partial charge on any atom is 0.164 e. The van der Waals surface area contributed by atoms with Crippen molar-refractivity contribution in [3.8, 4) is 6.07 Å². The van der Waals surface area contributed by atoms with Crippen LogP contribution in [0.3, 0.4) is 0 Å². The second kappa shape index (κ2) is 7.80. The Morgan fingerprint density at radius 3 is 2.56 bits per heavy atom. The van der Waals surface area contributed by atoms with Gasteiger partial charge in [0.1, 0.15) is 0 Å². The van der Waals surface area contributed by atoms with Crippen LogP contribution in [0.2, 0.25) is 0 Å². The van der Waals surface area contributed by atoms with Gasteiger partial charge in [-0.15, -0.1) is 0 Å². The fraction of sp³-hybridized carbons (Fsp3) is 0.600. The number of aliphatic hydroxyl groups excluding tert-OH is 1. The molecule has 1 aliphatic heterocycles. The monoisotopic (exact) mass is 359 g/mol. The van der Waals surface area contributed by atoms with Gasteiger partial charge < -0.3 is 10.0 Å². The molecule has 1 N–H and O–H groups in total. The Morgan fingerprint density at radius 2 is 2.04 bits per heavy atom. The smallest absolute Gasteiger partial charge is 0.164 e. The number of aliphatic hydroxyl groups is 1. The molecule has 1 fully saturated rings. The van der Waals surface area contributed by atoms with Crippen molar-refractivity contribution in [1.82, 2.24) is 4.90 Å². The minimum Gasteiger partial charge on any atom is -0.391 e. The lowest BCUT2D eigenvalue weighted by atomic mass is 9.85. The number of nitriles is 1. The first kappa shape index (κ1) is 19.8. The fourth-order valence-corrected chi connectivity index (χ4v) is 4.30. The molecular formula is C20H29N3OS. The summed E-state index contributed by atoms with van der Waals surface area (Å²) in [4.78, 5) is 7.19. The highest BCUT2D eigenvalue weighted by atomic mass is 32.2. The normalized spacial score (nSPS) is 21.0. The molecule has 0 saturated carbocycles. The highest BCUT2D eigenvalue weighted by Gasteiger charge is 2.34. The Balaban J connectivity index is 2.46. The number of amidine groups is 1. The summed E-state index contributed by atoms with van der Waals surface area (Å²) in [7, 11) is 0.